The first kappa shape index (κ1) is 8.54. The Labute approximate surface area is 87.8 Å². The predicted molar refractivity (Wildman–Crippen MR) is 51.4 cm³/mol. The zero-order valence-electron chi connectivity index (χ0n) is 7.28. The lowest BCUT2D eigenvalue weighted by Crippen LogP contribution is -2.06. The van der Waals surface area contributed by atoms with Gasteiger partial charge in [0.2, 0.25) is 0 Å². The first-order valence-electron chi connectivity index (χ1n) is 4.12. The largest absolute Gasteiger partial charge is 0.480 e. The smallest absolute Gasteiger partial charge is 0.323 e. The van der Waals surface area contributed by atoms with Crippen molar-refractivity contribution in [1.82, 2.24) is 19.9 Å². The second-order valence-electron chi connectivity index (χ2n) is 2.97. The number of rotatable bonds is 1. The van der Waals surface area contributed by atoms with Crippen LogP contribution >= 0.6 is 11.8 Å². The molecule has 1 unspecified atom stereocenters. The van der Waals surface area contributed by atoms with Gasteiger partial charge in [-0.25, -0.2) is 19.9 Å². The summed E-state index contributed by atoms with van der Waals surface area (Å²) in [5.41, 5.74) is 0.995. The Hall–Kier alpha value is -1.76. The van der Waals surface area contributed by atoms with Gasteiger partial charge in [0.05, 0.1) is 11.1 Å². The molecule has 1 N–H and O–H groups in total. The minimum Gasteiger partial charge on any atom is -0.480 e. The molecule has 1 atom stereocenters. The van der Waals surface area contributed by atoms with Crippen LogP contribution in [0.3, 0.4) is 0 Å². The van der Waals surface area contributed by atoms with E-state index in [1.807, 2.05) is 0 Å². The number of aromatic nitrogens is 4. The molecule has 3 heterocycles. The monoisotopic (exact) mass is 220 g/mol. The second kappa shape index (κ2) is 2.86. The third kappa shape index (κ3) is 1.09. The Kier molecular flexibility index (Phi) is 1.63. The summed E-state index contributed by atoms with van der Waals surface area (Å²) in [6.07, 6.45) is 2.71. The molecule has 0 saturated heterocycles. The molecule has 2 aromatic heterocycles. The number of carboxylic acid groups (broad SMARTS) is 1. The fourth-order valence-electron chi connectivity index (χ4n) is 1.52. The van der Waals surface area contributed by atoms with E-state index in [1.165, 1.54) is 24.4 Å². The maximum absolute atomic E-state index is 11.0. The summed E-state index contributed by atoms with van der Waals surface area (Å²) in [4.78, 5) is 26.9. The second-order valence-corrected chi connectivity index (χ2v) is 4.07. The minimum atomic E-state index is -0.919. The van der Waals surface area contributed by atoms with Crippen molar-refractivity contribution in [2.24, 2.45) is 0 Å². The van der Waals surface area contributed by atoms with Crippen LogP contribution in [0, 0.1) is 0 Å². The molecular weight excluding hydrogens is 216 g/mol. The van der Waals surface area contributed by atoms with Crippen LogP contribution < -0.4 is 0 Å². The lowest BCUT2D eigenvalue weighted by Gasteiger charge is -2.01. The van der Waals surface area contributed by atoms with E-state index >= 15 is 0 Å². The van der Waals surface area contributed by atoms with Crippen molar-refractivity contribution in [1.29, 1.82) is 0 Å². The average molecular weight is 220 g/mol. The molecule has 15 heavy (non-hydrogen) atoms. The Morgan fingerprint density at radius 2 is 2.00 bits per heavy atom. The van der Waals surface area contributed by atoms with Gasteiger partial charge in [-0.05, 0) is 0 Å². The number of hydrogen-bond acceptors (Lipinski definition) is 6. The third-order valence-corrected chi connectivity index (χ3v) is 3.32. The highest BCUT2D eigenvalue weighted by molar-refractivity contribution is 8.00. The third-order valence-electron chi connectivity index (χ3n) is 2.13. The summed E-state index contributed by atoms with van der Waals surface area (Å²) < 4.78 is 0. The molecule has 1 aliphatic heterocycles. The molecule has 2 aromatic rings. The maximum atomic E-state index is 11.0. The molecule has 0 fully saturated rings. The summed E-state index contributed by atoms with van der Waals surface area (Å²) in [5, 5.41) is 9.62. The van der Waals surface area contributed by atoms with Crippen LogP contribution in [0.5, 0.6) is 0 Å². The number of carbonyl (C=O) groups is 1. The normalized spacial score (nSPS) is 18.3. The standard InChI is InChI=1S/C8H4N4O2S/c13-8(14)5-4-3-6(10-1-9-4)11-2-12-7(3)15-5/h1-2,5H,(H,13,14). The highest BCUT2D eigenvalue weighted by atomic mass is 32.2. The molecule has 74 valence electrons. The van der Waals surface area contributed by atoms with Crippen LogP contribution in [0.2, 0.25) is 0 Å². The minimum absolute atomic E-state index is 0.494. The lowest BCUT2D eigenvalue weighted by molar-refractivity contribution is -0.136. The van der Waals surface area contributed by atoms with E-state index in [4.69, 9.17) is 5.11 Å². The Balaban J connectivity index is 2.36. The fraction of sp³-hybridized carbons (Fsp3) is 0.125. The Morgan fingerprint density at radius 3 is 2.73 bits per heavy atom. The molecule has 0 spiro atoms. The maximum Gasteiger partial charge on any atom is 0.323 e. The number of carboxylic acids is 1. The van der Waals surface area contributed by atoms with Crippen LogP contribution in [0.15, 0.2) is 17.7 Å². The van der Waals surface area contributed by atoms with Crippen LogP contribution in [-0.2, 0) is 4.79 Å². The zero-order chi connectivity index (χ0) is 10.4. The van der Waals surface area contributed by atoms with Gasteiger partial charge in [0, 0.05) is 0 Å². The molecule has 0 amide bonds. The van der Waals surface area contributed by atoms with Crippen LogP contribution in [0.25, 0.3) is 11.0 Å². The van der Waals surface area contributed by atoms with E-state index in [0.717, 1.165) is 0 Å². The van der Waals surface area contributed by atoms with Gasteiger partial charge >= 0.3 is 5.97 Å². The Bertz CT molecular complexity index is 568. The summed E-state index contributed by atoms with van der Waals surface area (Å²) >= 11 is 1.17. The zero-order valence-corrected chi connectivity index (χ0v) is 8.10. The van der Waals surface area contributed by atoms with E-state index in [0.29, 0.717) is 21.8 Å². The van der Waals surface area contributed by atoms with E-state index < -0.39 is 11.2 Å². The average Bonchev–Trinajstić information content (AvgIpc) is 2.61. The summed E-state index contributed by atoms with van der Waals surface area (Å²) in [6, 6.07) is 0. The summed E-state index contributed by atoms with van der Waals surface area (Å²) in [7, 11) is 0. The fourth-order valence-corrected chi connectivity index (χ4v) is 2.55. The molecular formula is C8H4N4O2S. The first-order valence-corrected chi connectivity index (χ1v) is 5.00. The topological polar surface area (TPSA) is 88.9 Å². The molecule has 0 aromatic carbocycles. The van der Waals surface area contributed by atoms with Crippen molar-refractivity contribution in [3.8, 4) is 0 Å². The van der Waals surface area contributed by atoms with Crippen LogP contribution in [0.1, 0.15) is 10.9 Å². The van der Waals surface area contributed by atoms with Crippen molar-refractivity contribution in [3.63, 3.8) is 0 Å². The summed E-state index contributed by atoms with van der Waals surface area (Å²) in [5.74, 6) is -0.919. The van der Waals surface area contributed by atoms with E-state index in [9.17, 15) is 4.79 Å². The number of thioether (sulfide) groups is 1. The van der Waals surface area contributed by atoms with Crippen LogP contribution in [-0.4, -0.2) is 31.0 Å². The van der Waals surface area contributed by atoms with Gasteiger partial charge in [0.25, 0.3) is 0 Å². The molecule has 0 bridgehead atoms. The van der Waals surface area contributed by atoms with Gasteiger partial charge in [-0.1, -0.05) is 11.8 Å². The molecule has 1 aliphatic rings. The van der Waals surface area contributed by atoms with Gasteiger partial charge in [-0.15, -0.1) is 0 Å². The Morgan fingerprint density at radius 1 is 1.27 bits per heavy atom. The highest BCUT2D eigenvalue weighted by Gasteiger charge is 2.33. The van der Waals surface area contributed by atoms with Gasteiger partial charge in [-0.3, -0.25) is 4.79 Å². The summed E-state index contributed by atoms with van der Waals surface area (Å²) in [6.45, 7) is 0. The predicted octanol–water partition coefficient (Wildman–Crippen LogP) is 0.651. The molecule has 6 nitrogen and oxygen atoms in total. The molecule has 0 radical (unpaired) electrons. The van der Waals surface area contributed by atoms with Gasteiger partial charge in [0.15, 0.2) is 10.9 Å². The van der Waals surface area contributed by atoms with Crippen LogP contribution in [0.4, 0.5) is 0 Å². The molecule has 0 aliphatic carbocycles. The quantitative estimate of drug-likeness (QED) is 0.705. The number of hydrogen-bond donors (Lipinski definition) is 1. The van der Waals surface area contributed by atoms with E-state index in [-0.39, 0.29) is 0 Å². The van der Waals surface area contributed by atoms with E-state index in [1.54, 1.807) is 0 Å². The van der Waals surface area contributed by atoms with Crippen molar-refractivity contribution >= 4 is 28.8 Å². The lowest BCUT2D eigenvalue weighted by atomic mass is 10.2. The van der Waals surface area contributed by atoms with Crippen molar-refractivity contribution in [2.45, 2.75) is 10.3 Å². The molecule has 3 rings (SSSR count). The van der Waals surface area contributed by atoms with Gasteiger partial charge < -0.3 is 5.11 Å². The first-order chi connectivity index (χ1) is 7.27. The van der Waals surface area contributed by atoms with Gasteiger partial charge in [-0.2, -0.15) is 0 Å². The van der Waals surface area contributed by atoms with E-state index in [2.05, 4.69) is 19.9 Å². The van der Waals surface area contributed by atoms with Crippen molar-refractivity contribution in [3.05, 3.63) is 18.3 Å². The van der Waals surface area contributed by atoms with Crippen molar-refractivity contribution < 1.29 is 9.90 Å². The SMILES string of the molecule is O=C(O)C1Sc2ncnc3ncnc1c23. The molecule has 0 saturated carbocycles. The highest BCUT2D eigenvalue weighted by Crippen LogP contribution is 2.45. The number of aliphatic carboxylic acids is 1. The van der Waals surface area contributed by atoms with Crippen molar-refractivity contribution in [2.75, 3.05) is 0 Å². The number of nitrogens with zero attached hydrogens (tertiary/aromatic N) is 4. The van der Waals surface area contributed by atoms with Gasteiger partial charge in [0.1, 0.15) is 17.7 Å². The molecule has 7 heteroatoms.